The Bertz CT molecular complexity index is 1000. The molecule has 2 saturated heterocycles. The second-order valence-corrected chi connectivity index (χ2v) is 12.3. The number of nitrogens with zero attached hydrogens (tertiary/aromatic N) is 2. The van der Waals surface area contributed by atoms with Crippen molar-refractivity contribution in [1.29, 1.82) is 0 Å². The Balaban J connectivity index is 1.24. The van der Waals surface area contributed by atoms with Crippen molar-refractivity contribution in [3.8, 4) is 5.75 Å². The maximum atomic E-state index is 13.2. The molecule has 2 N–H and O–H groups in total. The van der Waals surface area contributed by atoms with Crippen LogP contribution in [-0.2, 0) is 26.0 Å². The molecule has 1 aromatic rings. The number of benzene rings is 1. The van der Waals surface area contributed by atoms with Crippen LogP contribution in [0.4, 0.5) is 0 Å². The van der Waals surface area contributed by atoms with Crippen LogP contribution in [0.5, 0.6) is 5.75 Å². The summed E-state index contributed by atoms with van der Waals surface area (Å²) >= 11 is 0. The first-order valence-electron chi connectivity index (χ1n) is 13.3. The fourth-order valence-corrected chi connectivity index (χ4v) is 6.98. The molecule has 9 nitrogen and oxygen atoms in total. The zero-order valence-electron chi connectivity index (χ0n) is 21.2. The number of fused-ring (bicyclic) bond motifs is 1. The van der Waals surface area contributed by atoms with Crippen molar-refractivity contribution in [1.82, 2.24) is 19.8 Å². The highest BCUT2D eigenvalue weighted by atomic mass is 32.2. The number of aryl methyl sites for hydroxylation is 1. The highest BCUT2D eigenvalue weighted by Crippen LogP contribution is 2.37. The van der Waals surface area contributed by atoms with Crippen LogP contribution in [0.15, 0.2) is 24.3 Å². The summed E-state index contributed by atoms with van der Waals surface area (Å²) in [5.41, 5.74) is 0.808. The van der Waals surface area contributed by atoms with E-state index in [1.165, 1.54) is 9.87 Å². The van der Waals surface area contributed by atoms with Gasteiger partial charge in [-0.1, -0.05) is 24.6 Å². The number of carbonyl (C=O) groups excluding carboxylic acids is 2. The Hall–Kier alpha value is -2.17. The second-order valence-electron chi connectivity index (χ2n) is 10.2. The van der Waals surface area contributed by atoms with Gasteiger partial charge in [-0.05, 0) is 69.7 Å². The van der Waals surface area contributed by atoms with Gasteiger partial charge in [0.2, 0.25) is 21.8 Å². The molecule has 0 aliphatic carbocycles. The average molecular weight is 521 g/mol. The van der Waals surface area contributed by atoms with Gasteiger partial charge in [0.25, 0.3) is 0 Å². The molecule has 10 heteroatoms. The van der Waals surface area contributed by atoms with E-state index in [4.69, 9.17) is 4.74 Å². The number of hydrogen-bond acceptors (Lipinski definition) is 6. The maximum Gasteiger partial charge on any atom is 0.234 e. The Labute approximate surface area is 215 Å². The van der Waals surface area contributed by atoms with Gasteiger partial charge in [-0.2, -0.15) is 0 Å². The van der Waals surface area contributed by atoms with E-state index in [1.54, 1.807) is 0 Å². The molecule has 3 heterocycles. The molecule has 1 spiro atoms. The molecular weight excluding hydrogens is 480 g/mol. The number of rotatable bonds is 6. The van der Waals surface area contributed by atoms with Crippen molar-refractivity contribution >= 4 is 21.8 Å². The number of piperidine rings is 1. The zero-order chi connectivity index (χ0) is 25.4. The zero-order valence-corrected chi connectivity index (χ0v) is 22.0. The lowest BCUT2D eigenvalue weighted by atomic mass is 9.73. The van der Waals surface area contributed by atoms with Gasteiger partial charge in [0.15, 0.2) is 0 Å². The normalized spacial score (nSPS) is 22.1. The highest BCUT2D eigenvalue weighted by Gasteiger charge is 2.41. The Morgan fingerprint density at radius 2 is 1.78 bits per heavy atom. The molecule has 36 heavy (non-hydrogen) atoms. The third kappa shape index (κ3) is 6.98. The Kier molecular flexibility index (Phi) is 9.25. The average Bonchev–Trinajstić information content (AvgIpc) is 3.42. The SMILES string of the molecule is O=C(CN1CCC2(CCCCc3ccccc3OCCNC2=O)CC1)NCCS(=O)(=O)N1CCCC1. The number of hydrogen-bond donors (Lipinski definition) is 2. The molecule has 0 bridgehead atoms. The van der Waals surface area contributed by atoms with Gasteiger partial charge in [-0.15, -0.1) is 0 Å². The van der Waals surface area contributed by atoms with Crippen molar-refractivity contribution in [2.24, 2.45) is 5.41 Å². The number of nitrogens with one attached hydrogen (secondary N) is 2. The summed E-state index contributed by atoms with van der Waals surface area (Å²) in [6.07, 6.45) is 6.99. The summed E-state index contributed by atoms with van der Waals surface area (Å²) in [5, 5.41) is 5.85. The second kappa shape index (κ2) is 12.4. The van der Waals surface area contributed by atoms with E-state index >= 15 is 0 Å². The van der Waals surface area contributed by atoms with E-state index in [-0.39, 0.29) is 30.7 Å². The molecular formula is C26H40N4O5S. The van der Waals surface area contributed by atoms with Gasteiger partial charge in [-0.25, -0.2) is 12.7 Å². The predicted octanol–water partition coefficient (Wildman–Crippen LogP) is 1.53. The molecule has 0 saturated carbocycles. The molecule has 0 aromatic heterocycles. The van der Waals surface area contributed by atoms with Crippen LogP contribution in [0.1, 0.15) is 50.5 Å². The summed E-state index contributed by atoms with van der Waals surface area (Å²) in [6, 6.07) is 8.11. The first-order valence-corrected chi connectivity index (χ1v) is 14.9. The largest absolute Gasteiger partial charge is 0.491 e. The van der Waals surface area contributed by atoms with E-state index in [2.05, 4.69) is 21.6 Å². The van der Waals surface area contributed by atoms with Crippen molar-refractivity contribution < 1.29 is 22.7 Å². The molecule has 3 aliphatic rings. The summed E-state index contributed by atoms with van der Waals surface area (Å²) in [4.78, 5) is 27.7. The number of amides is 2. The number of sulfonamides is 1. The third-order valence-electron chi connectivity index (χ3n) is 7.77. The summed E-state index contributed by atoms with van der Waals surface area (Å²) in [5.74, 6) is 0.774. The molecule has 0 atom stereocenters. The molecule has 200 valence electrons. The van der Waals surface area contributed by atoms with E-state index in [1.807, 2.05) is 18.2 Å². The van der Waals surface area contributed by atoms with Crippen LogP contribution in [-0.4, -0.2) is 87.6 Å². The Morgan fingerprint density at radius 3 is 2.56 bits per heavy atom. The lowest BCUT2D eigenvalue weighted by Gasteiger charge is -2.40. The minimum absolute atomic E-state index is 0.0593. The fraction of sp³-hybridized carbons (Fsp3) is 0.692. The smallest absolute Gasteiger partial charge is 0.234 e. The fourth-order valence-electron chi connectivity index (χ4n) is 5.55. The summed E-state index contributed by atoms with van der Waals surface area (Å²) < 4.78 is 32.1. The standard InChI is InChI=1S/C26H40N4O5S/c31-24(27-14-20-36(33,34)30-15-5-6-16-30)21-29-17-11-26(12-18-29)10-4-3-8-22-7-1-2-9-23(22)35-19-13-28-25(26)32/h1-2,7,9H,3-6,8,10-21H2,(H,27,31)(H,28,32). The third-order valence-corrected chi connectivity index (χ3v) is 9.64. The van der Waals surface area contributed by atoms with Crippen molar-refractivity contribution in [3.05, 3.63) is 29.8 Å². The quantitative estimate of drug-likeness (QED) is 0.589. The van der Waals surface area contributed by atoms with E-state index in [9.17, 15) is 18.0 Å². The first kappa shape index (κ1) is 26.9. The topological polar surface area (TPSA) is 108 Å². The lowest BCUT2D eigenvalue weighted by Crippen LogP contribution is -2.51. The van der Waals surface area contributed by atoms with E-state index in [0.717, 1.165) is 44.3 Å². The Morgan fingerprint density at radius 1 is 1.03 bits per heavy atom. The minimum Gasteiger partial charge on any atom is -0.491 e. The van der Waals surface area contributed by atoms with Crippen LogP contribution in [0.3, 0.4) is 0 Å². The van der Waals surface area contributed by atoms with E-state index in [0.29, 0.717) is 52.2 Å². The predicted molar refractivity (Wildman–Crippen MR) is 138 cm³/mol. The molecule has 0 radical (unpaired) electrons. The van der Waals surface area contributed by atoms with Gasteiger partial charge >= 0.3 is 0 Å². The highest BCUT2D eigenvalue weighted by molar-refractivity contribution is 7.89. The molecule has 0 unspecified atom stereocenters. The lowest BCUT2D eigenvalue weighted by molar-refractivity contribution is -0.135. The van der Waals surface area contributed by atoms with Crippen LogP contribution in [0.2, 0.25) is 0 Å². The number of carbonyl (C=O) groups is 2. The minimum atomic E-state index is -3.30. The van der Waals surface area contributed by atoms with Crippen LogP contribution < -0.4 is 15.4 Å². The number of likely N-dealkylation sites (tertiary alicyclic amines) is 1. The molecule has 4 rings (SSSR count). The molecule has 3 aliphatic heterocycles. The van der Waals surface area contributed by atoms with E-state index < -0.39 is 15.4 Å². The summed E-state index contributed by atoms with van der Waals surface area (Å²) in [7, 11) is -3.30. The molecule has 2 amide bonds. The summed E-state index contributed by atoms with van der Waals surface area (Å²) in [6.45, 7) is 3.78. The van der Waals surface area contributed by atoms with Crippen LogP contribution >= 0.6 is 0 Å². The van der Waals surface area contributed by atoms with Crippen molar-refractivity contribution in [2.45, 2.75) is 51.4 Å². The van der Waals surface area contributed by atoms with Gasteiger partial charge < -0.3 is 15.4 Å². The number of para-hydroxylation sites is 1. The van der Waals surface area contributed by atoms with Gasteiger partial charge in [-0.3, -0.25) is 14.5 Å². The van der Waals surface area contributed by atoms with Gasteiger partial charge in [0, 0.05) is 19.6 Å². The molecule has 1 aromatic carbocycles. The molecule has 2 fully saturated rings. The van der Waals surface area contributed by atoms with Gasteiger partial charge in [0.05, 0.1) is 24.3 Å². The number of ether oxygens (including phenoxy) is 1. The monoisotopic (exact) mass is 520 g/mol. The van der Waals surface area contributed by atoms with Crippen molar-refractivity contribution in [2.75, 3.05) is 58.2 Å². The van der Waals surface area contributed by atoms with Crippen LogP contribution in [0, 0.1) is 5.41 Å². The van der Waals surface area contributed by atoms with Gasteiger partial charge in [0.1, 0.15) is 12.4 Å². The van der Waals surface area contributed by atoms with Crippen LogP contribution in [0.25, 0.3) is 0 Å². The van der Waals surface area contributed by atoms with Crippen molar-refractivity contribution in [3.63, 3.8) is 0 Å². The maximum absolute atomic E-state index is 13.2. The first-order chi connectivity index (χ1) is 17.4.